The van der Waals surface area contributed by atoms with Gasteiger partial charge in [0.2, 0.25) is 0 Å². The minimum Gasteiger partial charge on any atom is -0.361 e. The minimum atomic E-state index is 0.322. The molecule has 2 nitrogen and oxygen atoms in total. The fourth-order valence-corrected chi connectivity index (χ4v) is 2.70. The Kier molecular flexibility index (Phi) is 2.26. The first-order valence-electron chi connectivity index (χ1n) is 4.01. The number of anilines is 1. The normalized spacial score (nSPS) is 23.5. The third-order valence-corrected chi connectivity index (χ3v) is 3.50. The van der Waals surface area contributed by atoms with Crippen LogP contribution in [0.4, 0.5) is 5.00 Å². The number of nitrogens with zero attached hydrogens (tertiary/aromatic N) is 1. The SMILES string of the molecule is NC1CCN(c2sccc2Cl)C1. The molecule has 1 fully saturated rings. The molecule has 1 aromatic heterocycles. The van der Waals surface area contributed by atoms with Gasteiger partial charge in [0.15, 0.2) is 0 Å². The number of nitrogens with two attached hydrogens (primary N) is 1. The molecule has 0 radical (unpaired) electrons. The van der Waals surface area contributed by atoms with Crippen LogP contribution in [-0.2, 0) is 0 Å². The largest absolute Gasteiger partial charge is 0.361 e. The van der Waals surface area contributed by atoms with Crippen molar-refractivity contribution in [2.45, 2.75) is 12.5 Å². The van der Waals surface area contributed by atoms with Crippen molar-refractivity contribution in [2.75, 3.05) is 18.0 Å². The van der Waals surface area contributed by atoms with E-state index in [0.717, 1.165) is 24.5 Å². The van der Waals surface area contributed by atoms with Gasteiger partial charge >= 0.3 is 0 Å². The summed E-state index contributed by atoms with van der Waals surface area (Å²) in [7, 11) is 0. The molecule has 0 aliphatic carbocycles. The van der Waals surface area contributed by atoms with Crippen LogP contribution in [0, 0.1) is 0 Å². The molecule has 66 valence electrons. The molecule has 1 atom stereocenters. The number of thiophene rings is 1. The second-order valence-electron chi connectivity index (χ2n) is 3.07. The van der Waals surface area contributed by atoms with Gasteiger partial charge in [-0.3, -0.25) is 0 Å². The summed E-state index contributed by atoms with van der Waals surface area (Å²) >= 11 is 7.68. The lowest BCUT2D eigenvalue weighted by molar-refractivity contribution is 0.752. The molecule has 1 unspecified atom stereocenters. The van der Waals surface area contributed by atoms with Gasteiger partial charge in [-0.1, -0.05) is 11.6 Å². The minimum absolute atomic E-state index is 0.322. The van der Waals surface area contributed by atoms with Crippen molar-refractivity contribution >= 4 is 27.9 Å². The van der Waals surface area contributed by atoms with Crippen molar-refractivity contribution in [3.63, 3.8) is 0 Å². The maximum Gasteiger partial charge on any atom is 0.110 e. The molecule has 4 heteroatoms. The highest BCUT2D eigenvalue weighted by Gasteiger charge is 2.21. The van der Waals surface area contributed by atoms with Crippen molar-refractivity contribution < 1.29 is 0 Å². The fourth-order valence-electron chi connectivity index (χ4n) is 1.48. The van der Waals surface area contributed by atoms with Crippen LogP contribution in [0.2, 0.25) is 5.02 Å². The van der Waals surface area contributed by atoms with E-state index in [1.165, 1.54) is 5.00 Å². The summed E-state index contributed by atoms with van der Waals surface area (Å²) in [4.78, 5) is 2.26. The van der Waals surface area contributed by atoms with Crippen molar-refractivity contribution in [1.29, 1.82) is 0 Å². The van der Waals surface area contributed by atoms with Gasteiger partial charge in [-0.05, 0) is 17.9 Å². The van der Waals surface area contributed by atoms with Gasteiger partial charge < -0.3 is 10.6 Å². The average molecular weight is 203 g/mol. The Hall–Kier alpha value is -0.250. The molecule has 1 aliphatic heterocycles. The summed E-state index contributed by atoms with van der Waals surface area (Å²) in [5.41, 5.74) is 5.80. The second kappa shape index (κ2) is 3.24. The predicted octanol–water partition coefficient (Wildman–Crippen LogP) is 1.94. The van der Waals surface area contributed by atoms with Crippen molar-refractivity contribution in [1.82, 2.24) is 0 Å². The monoisotopic (exact) mass is 202 g/mol. The zero-order valence-corrected chi connectivity index (χ0v) is 8.24. The highest BCUT2D eigenvalue weighted by molar-refractivity contribution is 7.15. The standard InChI is InChI=1S/C8H11ClN2S/c9-7-2-4-12-8(7)11-3-1-6(10)5-11/h2,4,6H,1,3,5,10H2. The number of hydrogen-bond donors (Lipinski definition) is 1. The second-order valence-corrected chi connectivity index (χ2v) is 4.37. The van der Waals surface area contributed by atoms with Gasteiger partial charge in [0, 0.05) is 19.1 Å². The molecule has 1 aromatic rings. The first kappa shape index (κ1) is 8.35. The van der Waals surface area contributed by atoms with Crippen LogP contribution in [0.1, 0.15) is 6.42 Å². The van der Waals surface area contributed by atoms with Gasteiger partial charge in [-0.25, -0.2) is 0 Å². The van der Waals surface area contributed by atoms with Gasteiger partial charge in [0.25, 0.3) is 0 Å². The van der Waals surface area contributed by atoms with E-state index in [0.29, 0.717) is 6.04 Å². The molecule has 0 aromatic carbocycles. The van der Waals surface area contributed by atoms with Crippen molar-refractivity contribution in [2.24, 2.45) is 5.73 Å². The zero-order valence-electron chi connectivity index (χ0n) is 6.66. The van der Waals surface area contributed by atoms with Gasteiger partial charge in [0.1, 0.15) is 5.00 Å². The molecule has 2 heterocycles. The van der Waals surface area contributed by atoms with E-state index in [9.17, 15) is 0 Å². The molecule has 2 rings (SSSR count). The van der Waals surface area contributed by atoms with Crippen LogP contribution in [0.5, 0.6) is 0 Å². The number of rotatable bonds is 1. The predicted molar refractivity (Wildman–Crippen MR) is 54.1 cm³/mol. The maximum atomic E-state index is 6.00. The Morgan fingerprint density at radius 2 is 2.50 bits per heavy atom. The van der Waals surface area contributed by atoms with E-state index < -0.39 is 0 Å². The van der Waals surface area contributed by atoms with Gasteiger partial charge in [-0.15, -0.1) is 11.3 Å². The molecule has 0 bridgehead atoms. The van der Waals surface area contributed by atoms with Crippen LogP contribution in [0.25, 0.3) is 0 Å². The zero-order chi connectivity index (χ0) is 8.55. The van der Waals surface area contributed by atoms with E-state index in [2.05, 4.69) is 4.90 Å². The maximum absolute atomic E-state index is 6.00. The summed E-state index contributed by atoms with van der Waals surface area (Å²) in [6.07, 6.45) is 1.08. The Labute approximate surface area is 80.9 Å². The Bertz CT molecular complexity index is 274. The molecular formula is C8H11ClN2S. The summed E-state index contributed by atoms with van der Waals surface area (Å²) in [6.45, 7) is 1.99. The van der Waals surface area contributed by atoms with E-state index in [-0.39, 0.29) is 0 Å². The summed E-state index contributed by atoms with van der Waals surface area (Å²) in [5, 5.41) is 4.04. The smallest absolute Gasteiger partial charge is 0.110 e. The Balaban J connectivity index is 2.16. The molecule has 12 heavy (non-hydrogen) atoms. The van der Waals surface area contributed by atoms with Crippen LogP contribution >= 0.6 is 22.9 Å². The summed E-state index contributed by atoms with van der Waals surface area (Å²) < 4.78 is 0. The molecule has 0 saturated carbocycles. The fraction of sp³-hybridized carbons (Fsp3) is 0.500. The Morgan fingerprint density at radius 3 is 3.00 bits per heavy atom. The topological polar surface area (TPSA) is 29.3 Å². The van der Waals surface area contributed by atoms with Crippen LogP contribution in [0.3, 0.4) is 0 Å². The number of hydrogen-bond acceptors (Lipinski definition) is 3. The highest BCUT2D eigenvalue weighted by atomic mass is 35.5. The van der Waals surface area contributed by atoms with Crippen LogP contribution in [0.15, 0.2) is 11.4 Å². The lowest BCUT2D eigenvalue weighted by atomic mass is 10.3. The highest BCUT2D eigenvalue weighted by Crippen LogP contribution is 2.33. The van der Waals surface area contributed by atoms with E-state index >= 15 is 0 Å². The first-order chi connectivity index (χ1) is 5.77. The van der Waals surface area contributed by atoms with Crippen molar-refractivity contribution in [3.8, 4) is 0 Å². The van der Waals surface area contributed by atoms with Crippen LogP contribution in [-0.4, -0.2) is 19.1 Å². The molecule has 0 amide bonds. The molecule has 0 spiro atoms. The number of halogens is 1. The summed E-state index contributed by atoms with van der Waals surface area (Å²) in [5.74, 6) is 0. The van der Waals surface area contributed by atoms with Crippen LogP contribution < -0.4 is 10.6 Å². The third-order valence-electron chi connectivity index (χ3n) is 2.11. The van der Waals surface area contributed by atoms with Crippen molar-refractivity contribution in [3.05, 3.63) is 16.5 Å². The molecule has 2 N–H and O–H groups in total. The lowest BCUT2D eigenvalue weighted by Gasteiger charge is -2.15. The first-order valence-corrected chi connectivity index (χ1v) is 5.26. The van der Waals surface area contributed by atoms with E-state index in [4.69, 9.17) is 17.3 Å². The average Bonchev–Trinajstić information content (AvgIpc) is 2.58. The quantitative estimate of drug-likeness (QED) is 0.754. The lowest BCUT2D eigenvalue weighted by Crippen LogP contribution is -2.25. The Morgan fingerprint density at radius 1 is 1.67 bits per heavy atom. The molecule has 1 saturated heterocycles. The third kappa shape index (κ3) is 1.44. The van der Waals surface area contributed by atoms with Gasteiger partial charge in [0.05, 0.1) is 5.02 Å². The van der Waals surface area contributed by atoms with E-state index in [1.807, 2.05) is 11.4 Å². The summed E-state index contributed by atoms with van der Waals surface area (Å²) in [6, 6.07) is 2.26. The molecular weight excluding hydrogens is 192 g/mol. The molecule has 1 aliphatic rings. The van der Waals surface area contributed by atoms with Gasteiger partial charge in [-0.2, -0.15) is 0 Å². The van der Waals surface area contributed by atoms with E-state index in [1.54, 1.807) is 11.3 Å².